The molecule has 0 unspecified atom stereocenters. The largest absolute Gasteiger partial charge is 0.393 e. The van der Waals surface area contributed by atoms with Crippen molar-refractivity contribution in [3.05, 3.63) is 0 Å². The van der Waals surface area contributed by atoms with E-state index in [-0.39, 0.29) is 6.10 Å². The van der Waals surface area contributed by atoms with Crippen molar-refractivity contribution < 1.29 is 5.11 Å². The van der Waals surface area contributed by atoms with Gasteiger partial charge < -0.3 is 5.11 Å². The average Bonchev–Trinajstić information content (AvgIpc) is 1.66. The standard InChI is InChI=1S/C6H14OS/c1-3-4-8-5-6(2)7/h6-7H,3-5H2,1-2H3/t6-/m0/s1. The Labute approximate surface area is 55.5 Å². The molecule has 0 fully saturated rings. The molecule has 0 radical (unpaired) electrons. The molecule has 0 rings (SSSR count). The molecule has 0 heterocycles. The van der Waals surface area contributed by atoms with Crippen LogP contribution in [0.1, 0.15) is 20.3 Å². The molecule has 0 amide bonds. The number of hydrogen-bond acceptors (Lipinski definition) is 2. The second-order valence-corrected chi connectivity index (χ2v) is 3.07. The van der Waals surface area contributed by atoms with Gasteiger partial charge in [0.05, 0.1) is 6.10 Å². The Morgan fingerprint density at radius 1 is 1.62 bits per heavy atom. The van der Waals surface area contributed by atoms with E-state index < -0.39 is 0 Å². The highest BCUT2D eigenvalue weighted by Gasteiger charge is 1.92. The fraction of sp³-hybridized carbons (Fsp3) is 1.00. The van der Waals surface area contributed by atoms with E-state index in [9.17, 15) is 0 Å². The van der Waals surface area contributed by atoms with Crippen molar-refractivity contribution in [2.75, 3.05) is 11.5 Å². The van der Waals surface area contributed by atoms with Crippen LogP contribution in [0.4, 0.5) is 0 Å². The Morgan fingerprint density at radius 2 is 2.25 bits per heavy atom. The third kappa shape index (κ3) is 6.31. The molecule has 8 heavy (non-hydrogen) atoms. The van der Waals surface area contributed by atoms with Gasteiger partial charge in [-0.15, -0.1) is 0 Å². The van der Waals surface area contributed by atoms with E-state index in [0.717, 1.165) is 5.75 Å². The third-order valence-electron chi connectivity index (χ3n) is 0.708. The molecule has 0 aromatic heterocycles. The van der Waals surface area contributed by atoms with Gasteiger partial charge in [-0.3, -0.25) is 0 Å². The molecule has 0 aliphatic carbocycles. The second kappa shape index (κ2) is 5.45. The summed E-state index contributed by atoms with van der Waals surface area (Å²) in [5.74, 6) is 2.05. The van der Waals surface area contributed by atoms with Gasteiger partial charge in [0.15, 0.2) is 0 Å². The van der Waals surface area contributed by atoms with Gasteiger partial charge in [-0.25, -0.2) is 0 Å². The zero-order valence-corrected chi connectivity index (χ0v) is 6.37. The van der Waals surface area contributed by atoms with E-state index >= 15 is 0 Å². The van der Waals surface area contributed by atoms with Gasteiger partial charge in [-0.1, -0.05) is 6.92 Å². The Hall–Kier alpha value is 0.310. The number of aliphatic hydroxyl groups excluding tert-OH is 1. The van der Waals surface area contributed by atoms with Crippen molar-refractivity contribution in [3.8, 4) is 0 Å². The van der Waals surface area contributed by atoms with Gasteiger partial charge in [0.1, 0.15) is 0 Å². The van der Waals surface area contributed by atoms with Crippen LogP contribution in [0.3, 0.4) is 0 Å². The highest BCUT2D eigenvalue weighted by molar-refractivity contribution is 7.99. The Morgan fingerprint density at radius 3 is 2.62 bits per heavy atom. The first kappa shape index (κ1) is 8.31. The minimum Gasteiger partial charge on any atom is -0.393 e. The average molecular weight is 134 g/mol. The van der Waals surface area contributed by atoms with E-state index in [0.29, 0.717) is 0 Å². The lowest BCUT2D eigenvalue weighted by atomic mass is 10.5. The van der Waals surface area contributed by atoms with E-state index in [4.69, 9.17) is 5.11 Å². The minimum atomic E-state index is -0.133. The summed E-state index contributed by atoms with van der Waals surface area (Å²) in [5, 5.41) is 8.76. The maximum Gasteiger partial charge on any atom is 0.0602 e. The summed E-state index contributed by atoms with van der Waals surface area (Å²) in [5.41, 5.74) is 0. The Kier molecular flexibility index (Phi) is 5.66. The first-order valence-corrected chi connectivity index (χ1v) is 4.18. The Bertz CT molecular complexity index is 45.8. The van der Waals surface area contributed by atoms with Gasteiger partial charge in [0.25, 0.3) is 0 Å². The predicted octanol–water partition coefficient (Wildman–Crippen LogP) is 1.51. The first-order chi connectivity index (χ1) is 3.77. The van der Waals surface area contributed by atoms with E-state index in [1.165, 1.54) is 12.2 Å². The van der Waals surface area contributed by atoms with Crippen LogP contribution in [-0.2, 0) is 0 Å². The SMILES string of the molecule is CCCSC[C@H](C)O. The van der Waals surface area contributed by atoms with Crippen LogP contribution < -0.4 is 0 Å². The van der Waals surface area contributed by atoms with Crippen molar-refractivity contribution >= 4 is 11.8 Å². The third-order valence-corrected chi connectivity index (χ3v) is 2.12. The lowest BCUT2D eigenvalue weighted by molar-refractivity contribution is 0.220. The predicted molar refractivity (Wildman–Crippen MR) is 39.3 cm³/mol. The highest BCUT2D eigenvalue weighted by atomic mass is 32.2. The summed E-state index contributed by atoms with van der Waals surface area (Å²) < 4.78 is 0. The van der Waals surface area contributed by atoms with Gasteiger partial charge >= 0.3 is 0 Å². The van der Waals surface area contributed by atoms with Gasteiger partial charge in [0.2, 0.25) is 0 Å². The molecule has 2 heteroatoms. The zero-order valence-electron chi connectivity index (χ0n) is 5.55. The molecule has 0 aromatic carbocycles. The minimum absolute atomic E-state index is 0.133. The van der Waals surface area contributed by atoms with Crippen LogP contribution in [0.15, 0.2) is 0 Å². The van der Waals surface area contributed by atoms with Crippen LogP contribution >= 0.6 is 11.8 Å². The number of rotatable bonds is 4. The molecular weight excluding hydrogens is 120 g/mol. The molecule has 0 saturated heterocycles. The van der Waals surface area contributed by atoms with Crippen LogP contribution in [0, 0.1) is 0 Å². The molecule has 0 aliphatic rings. The first-order valence-electron chi connectivity index (χ1n) is 3.03. The molecular formula is C6H14OS. The topological polar surface area (TPSA) is 20.2 Å². The lowest BCUT2D eigenvalue weighted by Crippen LogP contribution is -2.02. The van der Waals surface area contributed by atoms with Crippen LogP contribution in [-0.4, -0.2) is 22.7 Å². The molecule has 0 aromatic rings. The molecule has 0 aliphatic heterocycles. The molecule has 0 saturated carbocycles. The van der Waals surface area contributed by atoms with E-state index in [1.807, 2.05) is 18.7 Å². The number of aliphatic hydroxyl groups is 1. The highest BCUT2D eigenvalue weighted by Crippen LogP contribution is 2.03. The van der Waals surface area contributed by atoms with Crippen LogP contribution in [0.2, 0.25) is 0 Å². The molecule has 50 valence electrons. The van der Waals surface area contributed by atoms with Crippen molar-refractivity contribution in [3.63, 3.8) is 0 Å². The maximum absolute atomic E-state index is 8.76. The molecule has 0 bridgehead atoms. The molecule has 1 nitrogen and oxygen atoms in total. The van der Waals surface area contributed by atoms with Crippen molar-refractivity contribution in [2.24, 2.45) is 0 Å². The summed E-state index contributed by atoms with van der Waals surface area (Å²) >= 11 is 1.81. The van der Waals surface area contributed by atoms with Crippen molar-refractivity contribution in [1.82, 2.24) is 0 Å². The van der Waals surface area contributed by atoms with Gasteiger partial charge in [-0.2, -0.15) is 11.8 Å². The maximum atomic E-state index is 8.76. The lowest BCUT2D eigenvalue weighted by Gasteiger charge is -2.00. The fourth-order valence-electron chi connectivity index (χ4n) is 0.398. The van der Waals surface area contributed by atoms with Gasteiger partial charge in [0, 0.05) is 5.75 Å². The van der Waals surface area contributed by atoms with Crippen molar-refractivity contribution in [1.29, 1.82) is 0 Å². The molecule has 1 atom stereocenters. The zero-order chi connectivity index (χ0) is 6.41. The summed E-state index contributed by atoms with van der Waals surface area (Å²) in [4.78, 5) is 0. The van der Waals surface area contributed by atoms with E-state index in [1.54, 1.807) is 0 Å². The van der Waals surface area contributed by atoms with Crippen LogP contribution in [0.5, 0.6) is 0 Å². The van der Waals surface area contributed by atoms with Crippen LogP contribution in [0.25, 0.3) is 0 Å². The smallest absolute Gasteiger partial charge is 0.0602 e. The summed E-state index contributed by atoms with van der Waals surface area (Å²) in [7, 11) is 0. The Balaban J connectivity index is 2.72. The summed E-state index contributed by atoms with van der Waals surface area (Å²) in [6, 6.07) is 0. The van der Waals surface area contributed by atoms with Crippen molar-refractivity contribution in [2.45, 2.75) is 26.4 Å². The quantitative estimate of drug-likeness (QED) is 0.588. The molecule has 0 spiro atoms. The van der Waals surface area contributed by atoms with Gasteiger partial charge in [-0.05, 0) is 19.1 Å². The number of thioether (sulfide) groups is 1. The summed E-state index contributed by atoms with van der Waals surface area (Å²) in [6.07, 6.45) is 1.07. The normalized spacial score (nSPS) is 13.9. The summed E-state index contributed by atoms with van der Waals surface area (Å²) in [6.45, 7) is 3.97. The number of hydrogen-bond donors (Lipinski definition) is 1. The fourth-order valence-corrected chi connectivity index (χ4v) is 1.19. The second-order valence-electron chi connectivity index (χ2n) is 1.92. The monoisotopic (exact) mass is 134 g/mol. The molecule has 1 N–H and O–H groups in total. The van der Waals surface area contributed by atoms with E-state index in [2.05, 4.69) is 6.92 Å².